The van der Waals surface area contributed by atoms with Crippen LogP contribution >= 0.6 is 0 Å². The van der Waals surface area contributed by atoms with Crippen LogP contribution < -0.4 is 10.1 Å². The van der Waals surface area contributed by atoms with Crippen LogP contribution in [0.3, 0.4) is 0 Å². The summed E-state index contributed by atoms with van der Waals surface area (Å²) in [6.07, 6.45) is 2.75. The summed E-state index contributed by atoms with van der Waals surface area (Å²) in [5, 5.41) is 13.9. The molecule has 19 heavy (non-hydrogen) atoms. The van der Waals surface area contributed by atoms with E-state index >= 15 is 0 Å². The van der Waals surface area contributed by atoms with Gasteiger partial charge in [-0.2, -0.15) is 0 Å². The molecular formula is C14H20N2O3. The summed E-state index contributed by atoms with van der Waals surface area (Å²) in [6, 6.07) is 6.17. The molecule has 104 valence electrons. The van der Waals surface area contributed by atoms with Crippen LogP contribution in [0, 0.1) is 22.0 Å². The first-order chi connectivity index (χ1) is 9.16. The Morgan fingerprint density at radius 2 is 2.11 bits per heavy atom. The molecule has 1 fully saturated rings. The van der Waals surface area contributed by atoms with Crippen molar-refractivity contribution in [2.24, 2.45) is 11.8 Å². The summed E-state index contributed by atoms with van der Waals surface area (Å²) in [5.74, 6) is 2.34. The van der Waals surface area contributed by atoms with Crippen molar-refractivity contribution in [3.8, 4) is 5.75 Å². The number of nitro groups is 1. The highest BCUT2D eigenvalue weighted by Gasteiger charge is 2.27. The average Bonchev–Trinajstić information content (AvgIpc) is 3.23. The molecule has 1 unspecified atom stereocenters. The molecule has 1 atom stereocenters. The molecule has 0 amide bonds. The summed E-state index contributed by atoms with van der Waals surface area (Å²) in [6.45, 7) is 4.69. The lowest BCUT2D eigenvalue weighted by atomic mass is 10.1. The number of hydrogen-bond donors (Lipinski definition) is 1. The molecule has 0 aliphatic heterocycles. The van der Waals surface area contributed by atoms with Crippen molar-refractivity contribution >= 4 is 5.69 Å². The zero-order valence-corrected chi connectivity index (χ0v) is 11.2. The number of hydrogen-bond acceptors (Lipinski definition) is 4. The minimum Gasteiger partial charge on any atom is -0.492 e. The van der Waals surface area contributed by atoms with Gasteiger partial charge in [0.15, 0.2) is 0 Å². The third kappa shape index (κ3) is 4.52. The van der Waals surface area contributed by atoms with Crippen LogP contribution in [-0.2, 0) is 0 Å². The second kappa shape index (κ2) is 6.52. The standard InChI is InChI=1S/C14H20N2O3/c1-11(12-2-3-12)10-15-8-9-19-14-6-4-13(5-7-14)16(17)18/h4-7,11-12,15H,2-3,8-10H2,1H3. The Balaban J connectivity index is 1.60. The van der Waals surface area contributed by atoms with Gasteiger partial charge in [-0.05, 0) is 43.4 Å². The summed E-state index contributed by atoms with van der Waals surface area (Å²) < 4.78 is 5.51. The number of nitrogens with zero attached hydrogens (tertiary/aromatic N) is 1. The molecule has 0 heterocycles. The highest BCUT2D eigenvalue weighted by molar-refractivity contribution is 5.35. The Kier molecular flexibility index (Phi) is 4.74. The molecule has 0 radical (unpaired) electrons. The van der Waals surface area contributed by atoms with Gasteiger partial charge in [0, 0.05) is 18.7 Å². The van der Waals surface area contributed by atoms with Gasteiger partial charge in [-0.15, -0.1) is 0 Å². The van der Waals surface area contributed by atoms with E-state index in [1.54, 1.807) is 12.1 Å². The maximum absolute atomic E-state index is 10.5. The second-order valence-corrected chi connectivity index (χ2v) is 5.12. The highest BCUT2D eigenvalue weighted by Crippen LogP contribution is 2.35. The largest absolute Gasteiger partial charge is 0.492 e. The molecule has 0 bridgehead atoms. The molecule has 0 saturated heterocycles. The van der Waals surface area contributed by atoms with E-state index in [-0.39, 0.29) is 5.69 Å². The van der Waals surface area contributed by atoms with E-state index < -0.39 is 4.92 Å². The van der Waals surface area contributed by atoms with E-state index in [1.165, 1.54) is 25.0 Å². The Hall–Kier alpha value is -1.62. The van der Waals surface area contributed by atoms with E-state index in [9.17, 15) is 10.1 Å². The predicted octanol–water partition coefficient (Wildman–Crippen LogP) is 2.61. The van der Waals surface area contributed by atoms with Gasteiger partial charge in [0.1, 0.15) is 12.4 Å². The van der Waals surface area contributed by atoms with Crippen LogP contribution in [0.15, 0.2) is 24.3 Å². The fraction of sp³-hybridized carbons (Fsp3) is 0.571. The summed E-state index contributed by atoms with van der Waals surface area (Å²) in [7, 11) is 0. The second-order valence-electron chi connectivity index (χ2n) is 5.12. The van der Waals surface area contributed by atoms with E-state index in [2.05, 4.69) is 12.2 Å². The van der Waals surface area contributed by atoms with E-state index in [0.29, 0.717) is 12.4 Å². The first kappa shape index (κ1) is 13.8. The van der Waals surface area contributed by atoms with Crippen LogP contribution in [0.25, 0.3) is 0 Å². The summed E-state index contributed by atoms with van der Waals surface area (Å²) >= 11 is 0. The van der Waals surface area contributed by atoms with Gasteiger partial charge >= 0.3 is 0 Å². The minimum atomic E-state index is -0.412. The maximum Gasteiger partial charge on any atom is 0.269 e. The molecule has 5 nitrogen and oxygen atoms in total. The van der Waals surface area contributed by atoms with Gasteiger partial charge in [-0.1, -0.05) is 6.92 Å². The fourth-order valence-corrected chi connectivity index (χ4v) is 2.07. The average molecular weight is 264 g/mol. The molecule has 1 saturated carbocycles. The van der Waals surface area contributed by atoms with Crippen LogP contribution in [-0.4, -0.2) is 24.6 Å². The molecule has 0 aromatic heterocycles. The molecule has 1 aromatic rings. The quantitative estimate of drug-likeness (QED) is 0.445. The lowest BCUT2D eigenvalue weighted by molar-refractivity contribution is -0.384. The van der Waals surface area contributed by atoms with E-state index in [4.69, 9.17) is 4.74 Å². The van der Waals surface area contributed by atoms with Gasteiger partial charge in [-0.25, -0.2) is 0 Å². The molecule has 2 rings (SSSR count). The lowest BCUT2D eigenvalue weighted by Gasteiger charge is -2.11. The predicted molar refractivity (Wildman–Crippen MR) is 73.3 cm³/mol. The van der Waals surface area contributed by atoms with Crippen molar-refractivity contribution < 1.29 is 9.66 Å². The SMILES string of the molecule is CC(CNCCOc1ccc([N+](=O)[O-])cc1)C1CC1. The number of nitro benzene ring substituents is 1. The summed E-state index contributed by atoms with van der Waals surface area (Å²) in [4.78, 5) is 10.1. The zero-order valence-electron chi connectivity index (χ0n) is 11.2. The maximum atomic E-state index is 10.5. The number of rotatable bonds is 8. The number of nitrogens with one attached hydrogen (secondary N) is 1. The molecule has 1 N–H and O–H groups in total. The van der Waals surface area contributed by atoms with Crippen molar-refractivity contribution in [2.75, 3.05) is 19.7 Å². The Morgan fingerprint density at radius 3 is 2.68 bits per heavy atom. The number of ether oxygens (including phenoxy) is 1. The zero-order chi connectivity index (χ0) is 13.7. The van der Waals surface area contributed by atoms with Gasteiger partial charge in [-0.3, -0.25) is 10.1 Å². The lowest BCUT2D eigenvalue weighted by Crippen LogP contribution is -2.26. The molecule has 1 aliphatic carbocycles. The van der Waals surface area contributed by atoms with Crippen LogP contribution in [0.1, 0.15) is 19.8 Å². The first-order valence-corrected chi connectivity index (χ1v) is 6.75. The van der Waals surface area contributed by atoms with E-state index in [0.717, 1.165) is 24.9 Å². The van der Waals surface area contributed by atoms with Crippen LogP contribution in [0.5, 0.6) is 5.75 Å². The molecule has 5 heteroatoms. The van der Waals surface area contributed by atoms with Gasteiger partial charge in [0.25, 0.3) is 5.69 Å². The number of non-ortho nitro benzene ring substituents is 1. The topological polar surface area (TPSA) is 64.4 Å². The first-order valence-electron chi connectivity index (χ1n) is 6.75. The van der Waals surface area contributed by atoms with Crippen molar-refractivity contribution in [3.05, 3.63) is 34.4 Å². The Bertz CT molecular complexity index is 415. The monoisotopic (exact) mass is 264 g/mol. The molecular weight excluding hydrogens is 244 g/mol. The van der Waals surface area contributed by atoms with E-state index in [1.807, 2.05) is 0 Å². The third-order valence-electron chi connectivity index (χ3n) is 3.49. The smallest absolute Gasteiger partial charge is 0.269 e. The van der Waals surface area contributed by atoms with Crippen molar-refractivity contribution in [1.29, 1.82) is 0 Å². The fourth-order valence-electron chi connectivity index (χ4n) is 2.07. The number of benzene rings is 1. The summed E-state index contributed by atoms with van der Waals surface area (Å²) in [5.41, 5.74) is 0.0868. The third-order valence-corrected chi connectivity index (χ3v) is 3.49. The van der Waals surface area contributed by atoms with Gasteiger partial charge in [0.2, 0.25) is 0 Å². The van der Waals surface area contributed by atoms with Crippen molar-refractivity contribution in [1.82, 2.24) is 5.32 Å². The molecule has 0 spiro atoms. The Labute approximate surface area is 113 Å². The molecule has 1 aromatic carbocycles. The van der Waals surface area contributed by atoms with Crippen LogP contribution in [0.2, 0.25) is 0 Å². The van der Waals surface area contributed by atoms with Gasteiger partial charge < -0.3 is 10.1 Å². The van der Waals surface area contributed by atoms with Crippen LogP contribution in [0.4, 0.5) is 5.69 Å². The highest BCUT2D eigenvalue weighted by atomic mass is 16.6. The van der Waals surface area contributed by atoms with Crippen molar-refractivity contribution in [2.45, 2.75) is 19.8 Å². The minimum absolute atomic E-state index is 0.0868. The van der Waals surface area contributed by atoms with Crippen molar-refractivity contribution in [3.63, 3.8) is 0 Å². The Morgan fingerprint density at radius 1 is 1.42 bits per heavy atom. The molecule has 1 aliphatic rings. The normalized spacial score (nSPS) is 16.1. The van der Waals surface area contributed by atoms with Gasteiger partial charge in [0.05, 0.1) is 4.92 Å².